The Hall–Kier alpha value is -0.120. The summed E-state index contributed by atoms with van der Waals surface area (Å²) in [5.41, 5.74) is 0. The second-order valence-corrected chi connectivity index (χ2v) is 5.99. The molecule has 3 aliphatic rings. The van der Waals surface area contributed by atoms with Crippen LogP contribution in [0.5, 0.6) is 0 Å². The maximum Gasteiger partial charge on any atom is 0.0826 e. The molecule has 1 saturated heterocycles. The second-order valence-electron chi connectivity index (χ2n) is 5.99. The molecule has 1 atom stereocenters. The smallest absolute Gasteiger partial charge is 0.0826 e. The van der Waals surface area contributed by atoms with Gasteiger partial charge in [-0.1, -0.05) is 6.92 Å². The number of nitrogens with zero attached hydrogens (tertiary/aromatic N) is 1. The van der Waals surface area contributed by atoms with Crippen molar-refractivity contribution in [3.8, 4) is 0 Å². The van der Waals surface area contributed by atoms with Gasteiger partial charge in [-0.3, -0.25) is 4.90 Å². The lowest BCUT2D eigenvalue weighted by molar-refractivity contribution is -0.0269. The molecule has 3 heteroatoms. The Morgan fingerprint density at radius 2 is 1.94 bits per heavy atom. The number of morpholine rings is 1. The molecule has 1 unspecified atom stereocenters. The molecule has 98 valence electrons. The minimum Gasteiger partial charge on any atom is -0.374 e. The topological polar surface area (TPSA) is 24.5 Å². The standard InChI is InChI=1S/C14H26N2O/c1-2-16-7-8-17-13(10-16)9-15-14(11-3-4-11)12-5-6-12/h11-15H,2-10H2,1H3. The van der Waals surface area contributed by atoms with Crippen LogP contribution >= 0.6 is 0 Å². The number of hydrogen-bond donors (Lipinski definition) is 1. The van der Waals surface area contributed by atoms with Gasteiger partial charge in [0.2, 0.25) is 0 Å². The van der Waals surface area contributed by atoms with E-state index in [1.807, 2.05) is 0 Å². The summed E-state index contributed by atoms with van der Waals surface area (Å²) in [6, 6.07) is 0.815. The van der Waals surface area contributed by atoms with E-state index in [0.29, 0.717) is 6.10 Å². The number of ether oxygens (including phenoxy) is 1. The summed E-state index contributed by atoms with van der Waals surface area (Å²) < 4.78 is 5.86. The molecule has 0 amide bonds. The highest BCUT2D eigenvalue weighted by molar-refractivity contribution is 4.96. The summed E-state index contributed by atoms with van der Waals surface area (Å²) in [4.78, 5) is 2.50. The highest BCUT2D eigenvalue weighted by atomic mass is 16.5. The van der Waals surface area contributed by atoms with Gasteiger partial charge in [0.15, 0.2) is 0 Å². The Balaban J connectivity index is 1.42. The predicted octanol–water partition coefficient (Wildman–Crippen LogP) is 1.49. The summed E-state index contributed by atoms with van der Waals surface area (Å²) in [5.74, 6) is 1.99. The third kappa shape index (κ3) is 3.21. The van der Waals surface area contributed by atoms with Crippen LogP contribution < -0.4 is 5.32 Å². The van der Waals surface area contributed by atoms with Crippen LogP contribution in [-0.2, 0) is 4.74 Å². The summed E-state index contributed by atoms with van der Waals surface area (Å²) in [7, 11) is 0. The Morgan fingerprint density at radius 1 is 1.24 bits per heavy atom. The Morgan fingerprint density at radius 3 is 2.53 bits per heavy atom. The molecule has 0 radical (unpaired) electrons. The van der Waals surface area contributed by atoms with Crippen molar-refractivity contribution in [1.29, 1.82) is 0 Å². The fourth-order valence-corrected chi connectivity index (χ4v) is 3.09. The molecule has 0 aromatic carbocycles. The third-order valence-corrected chi connectivity index (χ3v) is 4.51. The minimum absolute atomic E-state index is 0.420. The van der Waals surface area contributed by atoms with Gasteiger partial charge in [-0.05, 0) is 44.1 Å². The molecular formula is C14H26N2O. The third-order valence-electron chi connectivity index (χ3n) is 4.51. The van der Waals surface area contributed by atoms with Gasteiger partial charge in [-0.15, -0.1) is 0 Å². The van der Waals surface area contributed by atoms with Crippen LogP contribution in [0, 0.1) is 11.8 Å². The molecular weight excluding hydrogens is 212 g/mol. The molecule has 3 nitrogen and oxygen atoms in total. The van der Waals surface area contributed by atoms with E-state index in [-0.39, 0.29) is 0 Å². The monoisotopic (exact) mass is 238 g/mol. The molecule has 17 heavy (non-hydrogen) atoms. The van der Waals surface area contributed by atoms with Crippen molar-refractivity contribution < 1.29 is 4.74 Å². The first-order chi connectivity index (χ1) is 8.36. The zero-order chi connectivity index (χ0) is 11.7. The van der Waals surface area contributed by atoms with E-state index in [9.17, 15) is 0 Å². The van der Waals surface area contributed by atoms with Gasteiger partial charge in [0.1, 0.15) is 0 Å². The highest BCUT2D eigenvalue weighted by Crippen LogP contribution is 2.44. The molecule has 1 aliphatic heterocycles. The minimum atomic E-state index is 0.420. The molecule has 1 N–H and O–H groups in total. The van der Waals surface area contributed by atoms with E-state index in [1.165, 1.54) is 25.7 Å². The van der Waals surface area contributed by atoms with Gasteiger partial charge in [-0.25, -0.2) is 0 Å². The predicted molar refractivity (Wildman–Crippen MR) is 69.1 cm³/mol. The van der Waals surface area contributed by atoms with E-state index in [0.717, 1.165) is 50.7 Å². The maximum absolute atomic E-state index is 5.86. The first kappa shape index (κ1) is 11.9. The molecule has 1 heterocycles. The van der Waals surface area contributed by atoms with Crippen LogP contribution in [0.2, 0.25) is 0 Å². The fraction of sp³-hybridized carbons (Fsp3) is 1.00. The van der Waals surface area contributed by atoms with Crippen molar-refractivity contribution in [1.82, 2.24) is 10.2 Å². The molecule has 0 bridgehead atoms. The average Bonchev–Trinajstić information content (AvgIpc) is 3.22. The van der Waals surface area contributed by atoms with Crippen LogP contribution in [0.15, 0.2) is 0 Å². The van der Waals surface area contributed by atoms with Crippen molar-refractivity contribution in [2.75, 3.05) is 32.8 Å². The van der Waals surface area contributed by atoms with Gasteiger partial charge in [0.05, 0.1) is 12.7 Å². The van der Waals surface area contributed by atoms with Crippen LogP contribution in [-0.4, -0.2) is 49.8 Å². The van der Waals surface area contributed by atoms with Crippen LogP contribution in [0.4, 0.5) is 0 Å². The molecule has 3 rings (SSSR count). The van der Waals surface area contributed by atoms with Gasteiger partial charge < -0.3 is 10.1 Å². The maximum atomic E-state index is 5.86. The largest absolute Gasteiger partial charge is 0.374 e. The highest BCUT2D eigenvalue weighted by Gasteiger charge is 2.41. The average molecular weight is 238 g/mol. The molecule has 0 aromatic rings. The summed E-state index contributed by atoms with van der Waals surface area (Å²) >= 11 is 0. The lowest BCUT2D eigenvalue weighted by atomic mass is 10.1. The Bertz CT molecular complexity index is 239. The van der Waals surface area contributed by atoms with Crippen molar-refractivity contribution in [3.05, 3.63) is 0 Å². The molecule has 2 saturated carbocycles. The molecule has 2 aliphatic carbocycles. The summed E-state index contributed by atoms with van der Waals surface area (Å²) in [6.07, 6.45) is 6.26. The van der Waals surface area contributed by atoms with Crippen molar-refractivity contribution in [3.63, 3.8) is 0 Å². The fourth-order valence-electron chi connectivity index (χ4n) is 3.09. The first-order valence-corrected chi connectivity index (χ1v) is 7.44. The Labute approximate surface area is 105 Å². The molecule has 0 aromatic heterocycles. The van der Waals surface area contributed by atoms with Crippen molar-refractivity contribution in [2.45, 2.75) is 44.8 Å². The van der Waals surface area contributed by atoms with E-state index in [4.69, 9.17) is 4.74 Å². The summed E-state index contributed by atoms with van der Waals surface area (Å²) in [6.45, 7) is 7.61. The zero-order valence-corrected chi connectivity index (χ0v) is 11.0. The van der Waals surface area contributed by atoms with Gasteiger partial charge >= 0.3 is 0 Å². The zero-order valence-electron chi connectivity index (χ0n) is 11.0. The lowest BCUT2D eigenvalue weighted by Gasteiger charge is -2.33. The van der Waals surface area contributed by atoms with E-state index in [2.05, 4.69) is 17.1 Å². The normalized spacial score (nSPS) is 31.1. The van der Waals surface area contributed by atoms with E-state index < -0.39 is 0 Å². The molecule has 3 fully saturated rings. The van der Waals surface area contributed by atoms with Gasteiger partial charge in [-0.2, -0.15) is 0 Å². The number of hydrogen-bond acceptors (Lipinski definition) is 3. The van der Waals surface area contributed by atoms with Crippen LogP contribution in [0.25, 0.3) is 0 Å². The van der Waals surface area contributed by atoms with Gasteiger partial charge in [0.25, 0.3) is 0 Å². The van der Waals surface area contributed by atoms with Gasteiger partial charge in [0, 0.05) is 25.7 Å². The first-order valence-electron chi connectivity index (χ1n) is 7.44. The van der Waals surface area contributed by atoms with Crippen LogP contribution in [0.1, 0.15) is 32.6 Å². The molecule has 0 spiro atoms. The van der Waals surface area contributed by atoms with Crippen molar-refractivity contribution >= 4 is 0 Å². The van der Waals surface area contributed by atoms with Crippen LogP contribution in [0.3, 0.4) is 0 Å². The van der Waals surface area contributed by atoms with E-state index in [1.54, 1.807) is 0 Å². The lowest BCUT2D eigenvalue weighted by Crippen LogP contribution is -2.48. The quantitative estimate of drug-likeness (QED) is 0.759. The van der Waals surface area contributed by atoms with E-state index >= 15 is 0 Å². The SMILES string of the molecule is CCN1CCOC(CNC(C2CC2)C2CC2)C1. The number of likely N-dealkylation sites (N-methyl/N-ethyl adjacent to an activating group) is 1. The van der Waals surface area contributed by atoms with Crippen molar-refractivity contribution in [2.24, 2.45) is 11.8 Å². The number of rotatable bonds is 6. The second kappa shape index (κ2) is 5.25. The summed E-state index contributed by atoms with van der Waals surface area (Å²) in [5, 5.41) is 3.81. The Kier molecular flexibility index (Phi) is 3.69. The number of nitrogens with one attached hydrogen (secondary N) is 1.